The number of nitrogens with one attached hydrogen (secondary N) is 2. The third-order valence-electron chi connectivity index (χ3n) is 4.58. The van der Waals surface area contributed by atoms with Gasteiger partial charge in [0.1, 0.15) is 0 Å². The van der Waals surface area contributed by atoms with E-state index in [1.54, 1.807) is 4.31 Å². The minimum Gasteiger partial charge on any atom is -0.361 e. The molecular formula is C16H23N3O2S. The van der Waals surface area contributed by atoms with Gasteiger partial charge in [-0.2, -0.15) is 0 Å². The zero-order valence-corrected chi connectivity index (χ0v) is 13.9. The van der Waals surface area contributed by atoms with Crippen molar-refractivity contribution in [3.8, 4) is 0 Å². The number of fused-ring (bicyclic) bond motifs is 1. The van der Waals surface area contributed by atoms with Crippen molar-refractivity contribution in [1.82, 2.24) is 14.6 Å². The lowest BCUT2D eigenvalue weighted by atomic mass is 9.95. The largest absolute Gasteiger partial charge is 0.361 e. The van der Waals surface area contributed by atoms with Gasteiger partial charge >= 0.3 is 0 Å². The van der Waals surface area contributed by atoms with Crippen LogP contribution in [-0.4, -0.2) is 43.1 Å². The van der Waals surface area contributed by atoms with Gasteiger partial charge in [0.15, 0.2) is 0 Å². The lowest BCUT2D eigenvalue weighted by Crippen LogP contribution is -2.49. The highest BCUT2D eigenvalue weighted by molar-refractivity contribution is 7.88. The van der Waals surface area contributed by atoms with Gasteiger partial charge in [-0.1, -0.05) is 19.1 Å². The van der Waals surface area contributed by atoms with Crippen LogP contribution in [0.25, 0.3) is 10.9 Å². The Labute approximate surface area is 131 Å². The maximum atomic E-state index is 11.6. The molecule has 0 bridgehead atoms. The van der Waals surface area contributed by atoms with Crippen LogP contribution in [0.5, 0.6) is 0 Å². The van der Waals surface area contributed by atoms with E-state index < -0.39 is 10.0 Å². The molecule has 120 valence electrons. The average Bonchev–Trinajstić information content (AvgIpc) is 2.94. The summed E-state index contributed by atoms with van der Waals surface area (Å²) in [5.74, 6) is 0.314. The number of nitrogens with zero attached hydrogens (tertiary/aromatic N) is 1. The number of aromatic nitrogens is 1. The highest BCUT2D eigenvalue weighted by atomic mass is 32.2. The van der Waals surface area contributed by atoms with Crippen LogP contribution in [0.2, 0.25) is 0 Å². The normalized spacial score (nSPS) is 23.9. The molecule has 2 atom stereocenters. The fourth-order valence-electron chi connectivity index (χ4n) is 3.26. The Kier molecular flexibility index (Phi) is 4.25. The summed E-state index contributed by atoms with van der Waals surface area (Å²) in [5.41, 5.74) is 2.43. The molecule has 1 saturated heterocycles. The second-order valence-electron chi connectivity index (χ2n) is 6.23. The molecule has 2 aromatic rings. The zero-order valence-electron chi connectivity index (χ0n) is 13.0. The summed E-state index contributed by atoms with van der Waals surface area (Å²) in [6.45, 7) is 4.13. The number of hydrogen-bond acceptors (Lipinski definition) is 3. The molecule has 22 heavy (non-hydrogen) atoms. The maximum absolute atomic E-state index is 11.6. The minimum atomic E-state index is -3.07. The van der Waals surface area contributed by atoms with Crippen LogP contribution in [0.4, 0.5) is 0 Å². The first-order valence-electron chi connectivity index (χ1n) is 7.68. The number of benzene rings is 1. The minimum absolute atomic E-state index is 0.314. The van der Waals surface area contributed by atoms with Crippen LogP contribution in [0.1, 0.15) is 18.9 Å². The van der Waals surface area contributed by atoms with Crippen molar-refractivity contribution >= 4 is 20.9 Å². The molecule has 1 aromatic carbocycles. The second kappa shape index (κ2) is 6.02. The highest BCUT2D eigenvalue weighted by Crippen LogP contribution is 2.21. The van der Waals surface area contributed by atoms with Gasteiger partial charge in [-0.3, -0.25) is 0 Å². The Bertz CT molecular complexity index is 754. The molecular weight excluding hydrogens is 298 g/mol. The predicted octanol–water partition coefficient (Wildman–Crippen LogP) is 1.93. The maximum Gasteiger partial charge on any atom is 0.211 e. The molecule has 2 N–H and O–H groups in total. The monoisotopic (exact) mass is 321 g/mol. The number of sulfonamides is 1. The van der Waals surface area contributed by atoms with Gasteiger partial charge in [0.25, 0.3) is 0 Å². The Hall–Kier alpha value is -1.37. The first-order chi connectivity index (χ1) is 10.4. The summed E-state index contributed by atoms with van der Waals surface area (Å²) < 4.78 is 24.9. The first-order valence-corrected chi connectivity index (χ1v) is 9.53. The van der Waals surface area contributed by atoms with E-state index in [1.807, 2.05) is 6.20 Å². The molecule has 0 amide bonds. The third-order valence-corrected chi connectivity index (χ3v) is 5.85. The first kappa shape index (κ1) is 15.5. The van der Waals surface area contributed by atoms with E-state index in [0.29, 0.717) is 25.0 Å². The SMILES string of the molecule is CC1CN(S(C)(=O)=O)CCC1NCc1cccc2[nH]ccc12. The third kappa shape index (κ3) is 3.19. The van der Waals surface area contributed by atoms with Crippen LogP contribution >= 0.6 is 0 Å². The van der Waals surface area contributed by atoms with Crippen LogP contribution in [0.15, 0.2) is 30.5 Å². The van der Waals surface area contributed by atoms with Gasteiger partial charge in [-0.15, -0.1) is 0 Å². The summed E-state index contributed by atoms with van der Waals surface area (Å²) in [6, 6.07) is 8.73. The lowest BCUT2D eigenvalue weighted by Gasteiger charge is -2.36. The van der Waals surface area contributed by atoms with Gasteiger partial charge < -0.3 is 10.3 Å². The van der Waals surface area contributed by atoms with Crippen molar-refractivity contribution in [3.63, 3.8) is 0 Å². The fourth-order valence-corrected chi connectivity index (χ4v) is 4.20. The standard InChI is InChI=1S/C16H23N3O2S/c1-12-11-19(22(2,20)21)9-7-15(12)18-10-13-4-3-5-16-14(13)6-8-17-16/h3-6,8,12,15,17-18H,7,9-11H2,1-2H3. The molecule has 0 spiro atoms. The van der Waals surface area contributed by atoms with Gasteiger partial charge in [-0.05, 0) is 30.0 Å². The number of piperidine rings is 1. The van der Waals surface area contributed by atoms with Crippen molar-refractivity contribution < 1.29 is 8.42 Å². The van der Waals surface area contributed by atoms with E-state index >= 15 is 0 Å². The second-order valence-corrected chi connectivity index (χ2v) is 8.21. The van der Waals surface area contributed by atoms with E-state index in [9.17, 15) is 8.42 Å². The van der Waals surface area contributed by atoms with E-state index in [2.05, 4.69) is 41.5 Å². The molecule has 0 saturated carbocycles. The Morgan fingerprint density at radius 1 is 1.36 bits per heavy atom. The lowest BCUT2D eigenvalue weighted by molar-refractivity contribution is 0.220. The van der Waals surface area contributed by atoms with Gasteiger partial charge in [0, 0.05) is 42.8 Å². The number of aromatic amines is 1. The summed E-state index contributed by atoms with van der Waals surface area (Å²) in [7, 11) is -3.07. The summed E-state index contributed by atoms with van der Waals surface area (Å²) in [6.07, 6.45) is 4.11. The van der Waals surface area contributed by atoms with E-state index in [4.69, 9.17) is 0 Å². The van der Waals surface area contributed by atoms with E-state index in [0.717, 1.165) is 18.5 Å². The van der Waals surface area contributed by atoms with Crippen molar-refractivity contribution in [2.24, 2.45) is 5.92 Å². The van der Waals surface area contributed by atoms with E-state index in [1.165, 1.54) is 17.2 Å². The Morgan fingerprint density at radius 2 is 2.18 bits per heavy atom. The number of H-pyrrole nitrogens is 1. The molecule has 3 rings (SSSR count). The fraction of sp³-hybridized carbons (Fsp3) is 0.500. The summed E-state index contributed by atoms with van der Waals surface area (Å²) in [5, 5.41) is 4.85. The molecule has 1 aromatic heterocycles. The topological polar surface area (TPSA) is 65.2 Å². The molecule has 2 unspecified atom stereocenters. The van der Waals surface area contributed by atoms with Gasteiger partial charge in [-0.25, -0.2) is 12.7 Å². The van der Waals surface area contributed by atoms with Gasteiger partial charge in [0.2, 0.25) is 10.0 Å². The molecule has 1 aliphatic heterocycles. The molecule has 0 radical (unpaired) electrons. The zero-order chi connectivity index (χ0) is 15.7. The Balaban J connectivity index is 1.64. The summed E-state index contributed by atoms with van der Waals surface area (Å²) in [4.78, 5) is 3.23. The van der Waals surface area contributed by atoms with Crippen molar-refractivity contribution in [3.05, 3.63) is 36.0 Å². The van der Waals surface area contributed by atoms with Crippen LogP contribution < -0.4 is 5.32 Å². The average molecular weight is 321 g/mol. The molecule has 5 nitrogen and oxygen atoms in total. The molecule has 0 aliphatic carbocycles. The molecule has 1 aliphatic rings. The van der Waals surface area contributed by atoms with Crippen molar-refractivity contribution in [2.45, 2.75) is 25.9 Å². The summed E-state index contributed by atoms with van der Waals surface area (Å²) >= 11 is 0. The predicted molar refractivity (Wildman–Crippen MR) is 89.1 cm³/mol. The van der Waals surface area contributed by atoms with Crippen LogP contribution in [0.3, 0.4) is 0 Å². The van der Waals surface area contributed by atoms with Crippen molar-refractivity contribution in [2.75, 3.05) is 19.3 Å². The van der Waals surface area contributed by atoms with Gasteiger partial charge in [0.05, 0.1) is 6.26 Å². The van der Waals surface area contributed by atoms with Crippen molar-refractivity contribution in [1.29, 1.82) is 0 Å². The molecule has 2 heterocycles. The highest BCUT2D eigenvalue weighted by Gasteiger charge is 2.30. The number of hydrogen-bond donors (Lipinski definition) is 2. The molecule has 1 fully saturated rings. The van der Waals surface area contributed by atoms with Crippen LogP contribution in [-0.2, 0) is 16.6 Å². The quantitative estimate of drug-likeness (QED) is 0.904. The smallest absolute Gasteiger partial charge is 0.211 e. The Morgan fingerprint density at radius 3 is 2.91 bits per heavy atom. The number of rotatable bonds is 4. The molecule has 6 heteroatoms. The van der Waals surface area contributed by atoms with Crippen LogP contribution in [0, 0.1) is 5.92 Å². The van der Waals surface area contributed by atoms with E-state index in [-0.39, 0.29) is 0 Å².